The highest BCUT2D eigenvalue weighted by atomic mass is 16.5. The number of rotatable bonds is 7. The summed E-state index contributed by atoms with van der Waals surface area (Å²) in [6.07, 6.45) is -1.03. The van der Waals surface area contributed by atoms with E-state index in [-0.39, 0.29) is 19.1 Å². The van der Waals surface area contributed by atoms with E-state index in [4.69, 9.17) is 9.84 Å². The van der Waals surface area contributed by atoms with Crippen molar-refractivity contribution in [2.24, 2.45) is 0 Å². The monoisotopic (exact) mass is 253 g/mol. The maximum atomic E-state index is 10.4. The summed E-state index contributed by atoms with van der Waals surface area (Å²) >= 11 is 0. The number of hydrogen-bond donors (Lipinski definition) is 3. The van der Waals surface area contributed by atoms with Gasteiger partial charge in [0.05, 0.1) is 18.6 Å². The second-order valence-corrected chi connectivity index (χ2v) is 4.32. The van der Waals surface area contributed by atoms with Crippen LogP contribution in [0.2, 0.25) is 0 Å². The van der Waals surface area contributed by atoms with Crippen molar-refractivity contribution in [3.8, 4) is 5.75 Å². The molecule has 1 rings (SSSR count). The molecule has 0 spiro atoms. The lowest BCUT2D eigenvalue weighted by molar-refractivity contribution is -0.138. The van der Waals surface area contributed by atoms with Gasteiger partial charge in [-0.15, -0.1) is 0 Å². The van der Waals surface area contributed by atoms with Crippen LogP contribution in [0.4, 0.5) is 5.69 Å². The molecule has 0 heterocycles. The van der Waals surface area contributed by atoms with E-state index in [1.165, 1.54) is 0 Å². The normalized spacial score (nSPS) is 12.2. The van der Waals surface area contributed by atoms with Gasteiger partial charge in [0.25, 0.3) is 0 Å². The molecule has 0 amide bonds. The molecule has 1 unspecified atom stereocenters. The Kier molecular flexibility index (Phi) is 5.45. The Morgan fingerprint density at radius 3 is 2.44 bits per heavy atom. The number of benzene rings is 1. The van der Waals surface area contributed by atoms with Gasteiger partial charge in [-0.3, -0.25) is 4.79 Å². The summed E-state index contributed by atoms with van der Waals surface area (Å²) in [6, 6.07) is 7.30. The molecule has 5 nitrogen and oxygen atoms in total. The predicted octanol–water partition coefficient (Wildman–Crippen LogP) is 1.72. The first kappa shape index (κ1) is 14.3. The second-order valence-electron chi connectivity index (χ2n) is 4.32. The van der Waals surface area contributed by atoms with Crippen LogP contribution in [0.5, 0.6) is 5.75 Å². The van der Waals surface area contributed by atoms with Gasteiger partial charge >= 0.3 is 5.97 Å². The molecule has 18 heavy (non-hydrogen) atoms. The van der Waals surface area contributed by atoms with Gasteiger partial charge in [-0.1, -0.05) is 0 Å². The maximum absolute atomic E-state index is 10.4. The van der Waals surface area contributed by atoms with Crippen molar-refractivity contribution in [3.05, 3.63) is 24.3 Å². The summed E-state index contributed by atoms with van der Waals surface area (Å²) in [7, 11) is 0. The Hall–Kier alpha value is -1.75. The van der Waals surface area contributed by atoms with Crippen LogP contribution in [0.25, 0.3) is 0 Å². The minimum atomic E-state index is -1.01. The van der Waals surface area contributed by atoms with E-state index >= 15 is 0 Å². The van der Waals surface area contributed by atoms with Crippen molar-refractivity contribution in [1.82, 2.24) is 0 Å². The molecule has 0 fully saturated rings. The van der Waals surface area contributed by atoms with E-state index in [2.05, 4.69) is 5.32 Å². The van der Waals surface area contributed by atoms with Gasteiger partial charge < -0.3 is 20.3 Å². The van der Waals surface area contributed by atoms with Gasteiger partial charge in [0, 0.05) is 12.2 Å². The van der Waals surface area contributed by atoms with E-state index in [1.54, 1.807) is 0 Å². The molecule has 100 valence electrons. The Labute approximate surface area is 106 Å². The van der Waals surface area contributed by atoms with Crippen molar-refractivity contribution in [2.45, 2.75) is 32.5 Å². The first-order valence-corrected chi connectivity index (χ1v) is 5.88. The summed E-state index contributed by atoms with van der Waals surface area (Å²) in [5.74, 6) is -0.230. The number of carboxylic acids is 1. The summed E-state index contributed by atoms with van der Waals surface area (Å²) in [5.41, 5.74) is 0.815. The fourth-order valence-electron chi connectivity index (χ4n) is 1.43. The van der Waals surface area contributed by atoms with Crippen LogP contribution in [0.3, 0.4) is 0 Å². The lowest BCUT2D eigenvalue weighted by Gasteiger charge is -2.12. The van der Waals surface area contributed by atoms with Crippen LogP contribution in [0.15, 0.2) is 24.3 Å². The van der Waals surface area contributed by atoms with E-state index in [9.17, 15) is 9.90 Å². The molecule has 3 N–H and O–H groups in total. The molecular weight excluding hydrogens is 234 g/mol. The summed E-state index contributed by atoms with van der Waals surface area (Å²) in [5, 5.41) is 20.8. The fraction of sp³-hybridized carbons (Fsp3) is 0.462. The molecule has 0 saturated carbocycles. The van der Waals surface area contributed by atoms with Gasteiger partial charge in [0.15, 0.2) is 0 Å². The number of nitrogens with one attached hydrogen (secondary N) is 1. The van der Waals surface area contributed by atoms with E-state index in [1.807, 2.05) is 38.1 Å². The Morgan fingerprint density at radius 1 is 1.33 bits per heavy atom. The first-order valence-electron chi connectivity index (χ1n) is 5.88. The molecule has 1 aromatic carbocycles. The molecule has 0 aromatic heterocycles. The van der Waals surface area contributed by atoms with Crippen molar-refractivity contribution in [3.63, 3.8) is 0 Å². The van der Waals surface area contributed by atoms with Gasteiger partial charge in [-0.05, 0) is 38.1 Å². The number of aliphatic hydroxyl groups excluding tert-OH is 1. The Balaban J connectivity index is 2.41. The number of anilines is 1. The Morgan fingerprint density at radius 2 is 1.94 bits per heavy atom. The third-order valence-electron chi connectivity index (χ3n) is 2.18. The number of ether oxygens (including phenoxy) is 1. The van der Waals surface area contributed by atoms with Crippen molar-refractivity contribution in [1.29, 1.82) is 0 Å². The zero-order valence-electron chi connectivity index (χ0n) is 10.6. The lowest BCUT2D eigenvalue weighted by atomic mass is 10.2. The quantitative estimate of drug-likeness (QED) is 0.689. The summed E-state index contributed by atoms with van der Waals surface area (Å²) < 4.78 is 5.49. The molecule has 0 aliphatic rings. The summed E-state index contributed by atoms with van der Waals surface area (Å²) in [4.78, 5) is 10.4. The molecule has 0 radical (unpaired) electrons. The van der Waals surface area contributed by atoms with Gasteiger partial charge in [-0.2, -0.15) is 0 Å². The largest absolute Gasteiger partial charge is 0.491 e. The van der Waals surface area contributed by atoms with Crippen molar-refractivity contribution < 1.29 is 19.7 Å². The van der Waals surface area contributed by atoms with Gasteiger partial charge in [0.2, 0.25) is 0 Å². The second kappa shape index (κ2) is 6.86. The van der Waals surface area contributed by atoms with Gasteiger partial charge in [0.1, 0.15) is 5.75 Å². The molecule has 1 atom stereocenters. The lowest BCUT2D eigenvalue weighted by Crippen LogP contribution is -2.22. The maximum Gasteiger partial charge on any atom is 0.306 e. The number of carbonyl (C=O) groups is 1. The third-order valence-corrected chi connectivity index (χ3v) is 2.18. The topological polar surface area (TPSA) is 78.8 Å². The molecule has 1 aromatic rings. The van der Waals surface area contributed by atoms with E-state index < -0.39 is 12.1 Å². The fourth-order valence-corrected chi connectivity index (χ4v) is 1.43. The van der Waals surface area contributed by atoms with E-state index in [0.717, 1.165) is 11.4 Å². The molecule has 5 heteroatoms. The van der Waals surface area contributed by atoms with Gasteiger partial charge in [-0.25, -0.2) is 0 Å². The average Bonchev–Trinajstić information content (AvgIpc) is 2.26. The number of aliphatic carboxylic acids is 1. The number of hydrogen-bond acceptors (Lipinski definition) is 4. The molecule has 0 aliphatic carbocycles. The van der Waals surface area contributed by atoms with Crippen molar-refractivity contribution >= 4 is 11.7 Å². The minimum absolute atomic E-state index is 0.126. The minimum Gasteiger partial charge on any atom is -0.491 e. The highest BCUT2D eigenvalue weighted by molar-refractivity contribution is 5.67. The number of carboxylic acid groups (broad SMARTS) is 1. The van der Waals surface area contributed by atoms with Crippen LogP contribution in [-0.4, -0.2) is 34.9 Å². The smallest absolute Gasteiger partial charge is 0.306 e. The average molecular weight is 253 g/mol. The van der Waals surface area contributed by atoms with Crippen molar-refractivity contribution in [2.75, 3.05) is 11.9 Å². The van der Waals surface area contributed by atoms with Crippen LogP contribution in [0, 0.1) is 0 Å². The summed E-state index contributed by atoms with van der Waals surface area (Å²) in [6.45, 7) is 4.11. The zero-order valence-corrected chi connectivity index (χ0v) is 10.6. The van der Waals surface area contributed by atoms with Crippen LogP contribution >= 0.6 is 0 Å². The zero-order chi connectivity index (χ0) is 13.5. The van der Waals surface area contributed by atoms with Crippen LogP contribution in [0.1, 0.15) is 20.3 Å². The predicted molar refractivity (Wildman–Crippen MR) is 69.0 cm³/mol. The molecular formula is C13H19NO4. The highest BCUT2D eigenvalue weighted by Crippen LogP contribution is 2.16. The van der Waals surface area contributed by atoms with Crippen LogP contribution in [-0.2, 0) is 4.79 Å². The first-order chi connectivity index (χ1) is 8.47. The molecule has 0 saturated heterocycles. The van der Waals surface area contributed by atoms with Crippen LogP contribution < -0.4 is 10.1 Å². The Bertz CT molecular complexity index is 375. The SMILES string of the molecule is CC(C)Oc1ccc(NCC(O)CC(=O)O)cc1. The molecule has 0 aliphatic heterocycles. The highest BCUT2D eigenvalue weighted by Gasteiger charge is 2.08. The molecule has 0 bridgehead atoms. The number of aliphatic hydroxyl groups is 1. The standard InChI is InChI=1S/C13H19NO4/c1-9(2)18-12-5-3-10(4-6-12)14-8-11(15)7-13(16)17/h3-6,9,11,14-15H,7-8H2,1-2H3,(H,16,17). The van der Waals surface area contributed by atoms with E-state index in [0.29, 0.717) is 0 Å². The third kappa shape index (κ3) is 5.54.